The number of rotatable bonds is 8. The van der Waals surface area contributed by atoms with Gasteiger partial charge in [0.1, 0.15) is 11.1 Å². The lowest BCUT2D eigenvalue weighted by Gasteiger charge is -2.24. The molecule has 1 atom stereocenters. The third-order valence-corrected chi connectivity index (χ3v) is 6.80. The third-order valence-electron chi connectivity index (χ3n) is 6.80. The first-order chi connectivity index (χ1) is 17.9. The molecule has 2 amide bonds. The molecule has 0 radical (unpaired) electrons. The Balaban J connectivity index is 1.39. The zero-order chi connectivity index (χ0) is 25.9. The minimum absolute atomic E-state index is 0.0172. The van der Waals surface area contributed by atoms with E-state index in [-0.39, 0.29) is 23.2 Å². The molecule has 0 unspecified atom stereocenters. The zero-order valence-electron chi connectivity index (χ0n) is 20.8. The van der Waals surface area contributed by atoms with E-state index in [0.717, 1.165) is 35.4 Å². The minimum Gasteiger partial charge on any atom is -0.349 e. The lowest BCUT2D eigenvalue weighted by Crippen LogP contribution is -2.37. The van der Waals surface area contributed by atoms with Crippen LogP contribution < -0.4 is 10.7 Å². The van der Waals surface area contributed by atoms with Crippen LogP contribution >= 0.6 is 0 Å². The Morgan fingerprint density at radius 2 is 1.70 bits per heavy atom. The van der Waals surface area contributed by atoms with Crippen LogP contribution in [0.4, 0.5) is 0 Å². The van der Waals surface area contributed by atoms with Crippen LogP contribution in [0, 0.1) is 0 Å². The van der Waals surface area contributed by atoms with Gasteiger partial charge in [0.25, 0.3) is 11.8 Å². The molecule has 0 bridgehead atoms. The van der Waals surface area contributed by atoms with E-state index < -0.39 is 17.2 Å². The first kappa shape index (κ1) is 24.2. The predicted octanol–water partition coefficient (Wildman–Crippen LogP) is 4.34. The van der Waals surface area contributed by atoms with Crippen molar-refractivity contribution in [2.45, 2.75) is 38.4 Å². The van der Waals surface area contributed by atoms with Gasteiger partial charge in [-0.1, -0.05) is 60.7 Å². The average molecular weight is 496 g/mol. The second-order valence-corrected chi connectivity index (χ2v) is 9.43. The molecule has 1 saturated carbocycles. The summed E-state index contributed by atoms with van der Waals surface area (Å²) in [5.41, 5.74) is 2.80. The number of pyridine rings is 1. The standard InChI is InChI=1S/C29H29N5O3/c1-19(25-15-26(32-31-25)21-11-7-4-8-12-21)33(2)29(37)24-18-34(22-13-14-22)17-23(27(24)35)28(36)30-16-20-9-5-3-6-10-20/h3-12,15,17-19,22H,13-14,16H2,1-2H3,(H,30,36)(H,31,32)/t19-/m1/s1. The van der Waals surface area contributed by atoms with Gasteiger partial charge in [0.05, 0.1) is 17.4 Å². The SMILES string of the molecule is C[C@H](c1cc(-c2ccccc2)n[nH]1)N(C)C(=O)c1cn(C2CC2)cc(C(=O)NCc2ccccc2)c1=O. The molecule has 0 aliphatic heterocycles. The summed E-state index contributed by atoms with van der Waals surface area (Å²) in [6, 6.07) is 21.0. The summed E-state index contributed by atoms with van der Waals surface area (Å²) in [7, 11) is 1.65. The van der Waals surface area contributed by atoms with Crippen molar-refractivity contribution in [1.82, 2.24) is 25.0 Å². The van der Waals surface area contributed by atoms with Crippen molar-refractivity contribution in [3.8, 4) is 11.3 Å². The van der Waals surface area contributed by atoms with E-state index in [9.17, 15) is 14.4 Å². The van der Waals surface area contributed by atoms with Crippen molar-refractivity contribution in [1.29, 1.82) is 0 Å². The molecule has 8 nitrogen and oxygen atoms in total. The molecule has 1 aliphatic carbocycles. The number of nitrogens with one attached hydrogen (secondary N) is 2. The van der Waals surface area contributed by atoms with Crippen LogP contribution in [0.2, 0.25) is 0 Å². The fourth-order valence-electron chi connectivity index (χ4n) is 4.25. The highest BCUT2D eigenvalue weighted by Crippen LogP contribution is 2.35. The maximum Gasteiger partial charge on any atom is 0.259 e. The van der Waals surface area contributed by atoms with Gasteiger partial charge in [-0.15, -0.1) is 0 Å². The van der Waals surface area contributed by atoms with E-state index >= 15 is 0 Å². The van der Waals surface area contributed by atoms with Crippen molar-refractivity contribution in [3.63, 3.8) is 0 Å². The second kappa shape index (κ2) is 10.3. The van der Waals surface area contributed by atoms with Gasteiger partial charge in [0, 0.05) is 37.6 Å². The van der Waals surface area contributed by atoms with Gasteiger partial charge in [0.2, 0.25) is 5.43 Å². The van der Waals surface area contributed by atoms with Gasteiger partial charge < -0.3 is 14.8 Å². The summed E-state index contributed by atoms with van der Waals surface area (Å²) in [6.45, 7) is 2.16. The Morgan fingerprint density at radius 1 is 1.05 bits per heavy atom. The average Bonchev–Trinajstić information content (AvgIpc) is 3.67. The molecule has 2 aromatic carbocycles. The first-order valence-electron chi connectivity index (χ1n) is 12.4. The molecule has 8 heteroatoms. The van der Waals surface area contributed by atoms with Crippen LogP contribution in [0.25, 0.3) is 11.3 Å². The van der Waals surface area contributed by atoms with Crippen molar-refractivity contribution in [3.05, 3.63) is 112 Å². The summed E-state index contributed by atoms with van der Waals surface area (Å²) in [4.78, 5) is 41.4. The van der Waals surface area contributed by atoms with Crippen LogP contribution in [-0.2, 0) is 6.54 Å². The van der Waals surface area contributed by atoms with Crippen molar-refractivity contribution in [2.24, 2.45) is 0 Å². The van der Waals surface area contributed by atoms with Crippen molar-refractivity contribution >= 4 is 11.8 Å². The number of carbonyl (C=O) groups is 2. The molecule has 188 valence electrons. The first-order valence-corrected chi connectivity index (χ1v) is 12.4. The van der Waals surface area contributed by atoms with Crippen LogP contribution in [0.15, 0.2) is 83.9 Å². The Morgan fingerprint density at radius 3 is 2.38 bits per heavy atom. The molecule has 37 heavy (non-hydrogen) atoms. The van der Waals surface area contributed by atoms with Crippen LogP contribution in [0.1, 0.15) is 63.8 Å². The number of aromatic nitrogens is 3. The fourth-order valence-corrected chi connectivity index (χ4v) is 4.25. The maximum absolute atomic E-state index is 13.6. The summed E-state index contributed by atoms with van der Waals surface area (Å²) in [5, 5.41) is 10.2. The van der Waals surface area contributed by atoms with Gasteiger partial charge in [-0.05, 0) is 31.4 Å². The van der Waals surface area contributed by atoms with Gasteiger partial charge in [-0.3, -0.25) is 19.5 Å². The highest BCUT2D eigenvalue weighted by atomic mass is 16.2. The van der Waals surface area contributed by atoms with Gasteiger partial charge in [0.15, 0.2) is 0 Å². The highest BCUT2D eigenvalue weighted by Gasteiger charge is 2.29. The molecule has 0 saturated heterocycles. The number of benzene rings is 2. The van der Waals surface area contributed by atoms with E-state index in [2.05, 4.69) is 15.5 Å². The normalized spacial score (nSPS) is 13.7. The Bertz CT molecular complexity index is 1470. The molecule has 2 aromatic heterocycles. The largest absolute Gasteiger partial charge is 0.349 e. The molecule has 2 N–H and O–H groups in total. The van der Waals surface area contributed by atoms with E-state index in [4.69, 9.17) is 0 Å². The monoisotopic (exact) mass is 495 g/mol. The number of amides is 2. The zero-order valence-corrected chi connectivity index (χ0v) is 20.8. The lowest BCUT2D eigenvalue weighted by atomic mass is 10.1. The second-order valence-electron chi connectivity index (χ2n) is 9.43. The van der Waals surface area contributed by atoms with Crippen LogP contribution in [-0.4, -0.2) is 38.5 Å². The van der Waals surface area contributed by atoms with Crippen LogP contribution in [0.5, 0.6) is 0 Å². The topological polar surface area (TPSA) is 100 Å². The third kappa shape index (κ3) is 5.23. The van der Waals surface area contributed by atoms with Gasteiger partial charge >= 0.3 is 0 Å². The number of hydrogen-bond acceptors (Lipinski definition) is 4. The predicted molar refractivity (Wildman–Crippen MR) is 141 cm³/mol. The number of aromatic amines is 1. The lowest BCUT2D eigenvalue weighted by molar-refractivity contribution is 0.0737. The molecule has 5 rings (SSSR count). The van der Waals surface area contributed by atoms with Gasteiger partial charge in [-0.25, -0.2) is 0 Å². The Hall–Kier alpha value is -4.46. The van der Waals surface area contributed by atoms with Crippen molar-refractivity contribution in [2.75, 3.05) is 7.05 Å². The minimum atomic E-state index is -0.568. The molecule has 1 fully saturated rings. The molecule has 4 aromatic rings. The smallest absolute Gasteiger partial charge is 0.259 e. The number of H-pyrrole nitrogens is 1. The van der Waals surface area contributed by atoms with E-state index in [1.807, 2.05) is 78.2 Å². The Kier molecular flexibility index (Phi) is 6.72. The van der Waals surface area contributed by atoms with Crippen molar-refractivity contribution < 1.29 is 9.59 Å². The molecule has 0 spiro atoms. The molecule has 2 heterocycles. The molecular weight excluding hydrogens is 466 g/mol. The highest BCUT2D eigenvalue weighted by molar-refractivity contribution is 5.99. The summed E-state index contributed by atoms with van der Waals surface area (Å²) >= 11 is 0. The van der Waals surface area contributed by atoms with E-state index in [1.54, 1.807) is 19.4 Å². The van der Waals surface area contributed by atoms with E-state index in [1.165, 1.54) is 4.90 Å². The van der Waals surface area contributed by atoms with Gasteiger partial charge in [-0.2, -0.15) is 5.10 Å². The maximum atomic E-state index is 13.6. The molecular formula is C29H29N5O3. The Labute approximate surface area is 215 Å². The number of hydrogen-bond donors (Lipinski definition) is 2. The fraction of sp³-hybridized carbons (Fsp3) is 0.241. The summed E-state index contributed by atoms with van der Waals surface area (Å²) in [6.07, 6.45) is 5.05. The summed E-state index contributed by atoms with van der Waals surface area (Å²) < 4.78 is 1.83. The quantitative estimate of drug-likeness (QED) is 0.380. The number of nitrogens with zero attached hydrogens (tertiary/aromatic N) is 3. The van der Waals surface area contributed by atoms with E-state index in [0.29, 0.717) is 6.54 Å². The number of carbonyl (C=O) groups excluding carboxylic acids is 2. The molecule has 1 aliphatic rings. The van der Waals surface area contributed by atoms with Crippen LogP contribution in [0.3, 0.4) is 0 Å². The summed E-state index contributed by atoms with van der Waals surface area (Å²) in [5.74, 6) is -0.935.